The number of hydrogen-bond donors (Lipinski definition) is 2. The van der Waals surface area contributed by atoms with Gasteiger partial charge in [0, 0.05) is 31.1 Å². The minimum Gasteiger partial charge on any atom is -0.410 e. The summed E-state index contributed by atoms with van der Waals surface area (Å²) in [5.41, 5.74) is 1.03. The van der Waals surface area contributed by atoms with Crippen molar-refractivity contribution >= 4 is 17.8 Å². The van der Waals surface area contributed by atoms with E-state index in [9.17, 15) is 14.4 Å². The summed E-state index contributed by atoms with van der Waals surface area (Å²) >= 11 is 0. The molecule has 1 rings (SSSR count). The van der Waals surface area contributed by atoms with Gasteiger partial charge in [-0.1, -0.05) is 12.1 Å². The normalized spacial score (nSPS) is 10.4. The molecule has 0 aliphatic carbocycles. The van der Waals surface area contributed by atoms with E-state index in [-0.39, 0.29) is 18.1 Å². The van der Waals surface area contributed by atoms with E-state index < -0.39 is 6.09 Å². The highest BCUT2D eigenvalue weighted by Gasteiger charge is 2.16. The van der Waals surface area contributed by atoms with Crippen LogP contribution in [0.5, 0.6) is 5.75 Å². The van der Waals surface area contributed by atoms with Crippen LogP contribution in [0.15, 0.2) is 18.2 Å². The fraction of sp³-hybridized carbons (Fsp3) is 0.500. The maximum atomic E-state index is 12.0. The van der Waals surface area contributed by atoms with Crippen molar-refractivity contribution in [1.82, 2.24) is 15.5 Å². The molecule has 0 unspecified atom stereocenters. The third-order valence-corrected chi connectivity index (χ3v) is 3.63. The van der Waals surface area contributed by atoms with Crippen LogP contribution < -0.4 is 15.4 Å². The zero-order valence-corrected chi connectivity index (χ0v) is 15.3. The molecule has 0 atom stereocenters. The quantitative estimate of drug-likeness (QED) is 0.522. The molecule has 0 fully saturated rings. The third-order valence-electron chi connectivity index (χ3n) is 3.63. The van der Waals surface area contributed by atoms with E-state index in [4.69, 9.17) is 4.74 Å². The SMILES string of the molecule is CNC(=O)Oc1cccc(C(C)=O)c1CCC(=O)NCCCN(C)C. The molecule has 0 aliphatic heterocycles. The summed E-state index contributed by atoms with van der Waals surface area (Å²) in [6.07, 6.45) is 0.793. The predicted molar refractivity (Wildman–Crippen MR) is 96.0 cm³/mol. The van der Waals surface area contributed by atoms with E-state index in [1.807, 2.05) is 14.1 Å². The summed E-state index contributed by atoms with van der Waals surface area (Å²) in [4.78, 5) is 37.4. The summed E-state index contributed by atoms with van der Waals surface area (Å²) in [6, 6.07) is 4.94. The van der Waals surface area contributed by atoms with E-state index in [1.165, 1.54) is 14.0 Å². The molecule has 1 aromatic rings. The monoisotopic (exact) mass is 349 g/mol. The number of Topliss-reactive ketones (excluding diaryl/α,β-unsaturated/α-hetero) is 1. The number of benzene rings is 1. The first kappa shape index (κ1) is 20.6. The smallest absolute Gasteiger partial charge is 0.410 e. The molecular weight excluding hydrogens is 322 g/mol. The molecule has 0 spiro atoms. The number of carbonyl (C=O) groups excluding carboxylic acids is 3. The molecule has 0 aromatic heterocycles. The van der Waals surface area contributed by atoms with Crippen molar-refractivity contribution < 1.29 is 19.1 Å². The molecule has 0 radical (unpaired) electrons. The molecule has 138 valence electrons. The van der Waals surface area contributed by atoms with Crippen molar-refractivity contribution in [1.29, 1.82) is 0 Å². The van der Waals surface area contributed by atoms with Crippen molar-refractivity contribution in [2.45, 2.75) is 26.2 Å². The van der Waals surface area contributed by atoms with Crippen LogP contribution in [0.25, 0.3) is 0 Å². The van der Waals surface area contributed by atoms with Crippen molar-refractivity contribution in [3.05, 3.63) is 29.3 Å². The van der Waals surface area contributed by atoms with Gasteiger partial charge in [-0.05, 0) is 46.5 Å². The number of ether oxygens (including phenoxy) is 1. The van der Waals surface area contributed by atoms with Gasteiger partial charge in [-0.3, -0.25) is 9.59 Å². The second kappa shape index (κ2) is 10.5. The van der Waals surface area contributed by atoms with Crippen LogP contribution in [0, 0.1) is 0 Å². The van der Waals surface area contributed by atoms with Crippen LogP contribution in [0.2, 0.25) is 0 Å². The van der Waals surface area contributed by atoms with E-state index in [1.54, 1.807) is 18.2 Å². The maximum Gasteiger partial charge on any atom is 0.412 e. The lowest BCUT2D eigenvalue weighted by atomic mass is 9.99. The van der Waals surface area contributed by atoms with Crippen molar-refractivity contribution in [3.63, 3.8) is 0 Å². The molecule has 2 N–H and O–H groups in total. The summed E-state index contributed by atoms with van der Waals surface area (Å²) < 4.78 is 5.20. The van der Waals surface area contributed by atoms with Gasteiger partial charge in [0.2, 0.25) is 5.91 Å². The number of nitrogens with zero attached hydrogens (tertiary/aromatic N) is 1. The fourth-order valence-corrected chi connectivity index (χ4v) is 2.35. The van der Waals surface area contributed by atoms with Gasteiger partial charge >= 0.3 is 6.09 Å². The highest BCUT2D eigenvalue weighted by atomic mass is 16.6. The minimum atomic E-state index is -0.616. The van der Waals surface area contributed by atoms with Gasteiger partial charge in [0.05, 0.1) is 0 Å². The average Bonchev–Trinajstić information content (AvgIpc) is 2.56. The van der Waals surface area contributed by atoms with Gasteiger partial charge in [-0.25, -0.2) is 4.79 Å². The number of hydrogen-bond acceptors (Lipinski definition) is 5. The largest absolute Gasteiger partial charge is 0.412 e. The molecule has 0 heterocycles. The Bertz CT molecular complexity index is 614. The van der Waals surface area contributed by atoms with Gasteiger partial charge in [0.15, 0.2) is 5.78 Å². The van der Waals surface area contributed by atoms with Crippen LogP contribution in [0.4, 0.5) is 4.79 Å². The Kier molecular flexibility index (Phi) is 8.63. The Balaban J connectivity index is 2.73. The molecule has 7 nitrogen and oxygen atoms in total. The lowest BCUT2D eigenvalue weighted by Crippen LogP contribution is -2.27. The number of carbonyl (C=O) groups is 3. The maximum absolute atomic E-state index is 12.0. The molecule has 7 heteroatoms. The molecule has 0 aliphatic rings. The molecular formula is C18H27N3O4. The Morgan fingerprint density at radius 2 is 1.92 bits per heavy atom. The highest BCUT2D eigenvalue weighted by molar-refractivity contribution is 5.96. The van der Waals surface area contributed by atoms with E-state index in [0.29, 0.717) is 29.8 Å². The molecule has 1 aromatic carbocycles. The standard InChI is InChI=1S/C18H27N3O4/c1-13(22)14-7-5-8-16(25-18(24)19-2)15(14)9-10-17(23)20-11-6-12-21(3)4/h5,7-8H,6,9-12H2,1-4H3,(H,19,24)(H,20,23). The first-order valence-corrected chi connectivity index (χ1v) is 8.29. The Hall–Kier alpha value is -2.41. The summed E-state index contributed by atoms with van der Waals surface area (Å²) in [6.45, 7) is 2.95. The Labute approximate surface area is 148 Å². The van der Waals surface area contributed by atoms with E-state index >= 15 is 0 Å². The topological polar surface area (TPSA) is 87.7 Å². The van der Waals surface area contributed by atoms with Crippen LogP contribution in [0.1, 0.15) is 35.7 Å². The van der Waals surface area contributed by atoms with Gasteiger partial charge < -0.3 is 20.3 Å². The van der Waals surface area contributed by atoms with E-state index in [0.717, 1.165) is 13.0 Å². The number of ketones is 1. The molecule has 25 heavy (non-hydrogen) atoms. The summed E-state index contributed by atoms with van der Waals surface area (Å²) in [5, 5.41) is 5.23. The first-order valence-electron chi connectivity index (χ1n) is 8.29. The Morgan fingerprint density at radius 1 is 1.20 bits per heavy atom. The Morgan fingerprint density at radius 3 is 2.52 bits per heavy atom. The van der Waals surface area contributed by atoms with Gasteiger partial charge in [0.25, 0.3) is 0 Å². The number of rotatable bonds is 9. The lowest BCUT2D eigenvalue weighted by molar-refractivity contribution is -0.121. The molecule has 0 saturated carbocycles. The second-order valence-corrected chi connectivity index (χ2v) is 5.98. The van der Waals surface area contributed by atoms with Gasteiger partial charge in [-0.15, -0.1) is 0 Å². The fourth-order valence-electron chi connectivity index (χ4n) is 2.35. The number of nitrogens with one attached hydrogen (secondary N) is 2. The molecule has 2 amide bonds. The van der Waals surface area contributed by atoms with Crippen molar-refractivity contribution in [2.75, 3.05) is 34.2 Å². The summed E-state index contributed by atoms with van der Waals surface area (Å²) in [7, 11) is 5.42. The minimum absolute atomic E-state index is 0.0944. The highest BCUT2D eigenvalue weighted by Crippen LogP contribution is 2.25. The zero-order chi connectivity index (χ0) is 18.8. The lowest BCUT2D eigenvalue weighted by Gasteiger charge is -2.13. The van der Waals surface area contributed by atoms with Gasteiger partial charge in [-0.2, -0.15) is 0 Å². The molecule has 0 saturated heterocycles. The molecule has 0 bridgehead atoms. The number of amides is 2. The van der Waals surface area contributed by atoms with Crippen LogP contribution in [0.3, 0.4) is 0 Å². The van der Waals surface area contributed by atoms with Gasteiger partial charge in [0.1, 0.15) is 5.75 Å². The summed E-state index contributed by atoms with van der Waals surface area (Å²) in [5.74, 6) is 0.0687. The van der Waals surface area contributed by atoms with Crippen LogP contribution >= 0.6 is 0 Å². The van der Waals surface area contributed by atoms with Crippen molar-refractivity contribution in [3.8, 4) is 5.75 Å². The van der Waals surface area contributed by atoms with Crippen LogP contribution in [-0.2, 0) is 11.2 Å². The second-order valence-electron chi connectivity index (χ2n) is 5.98. The van der Waals surface area contributed by atoms with Crippen molar-refractivity contribution in [2.24, 2.45) is 0 Å². The van der Waals surface area contributed by atoms with E-state index in [2.05, 4.69) is 15.5 Å². The third kappa shape index (κ3) is 7.34. The first-order chi connectivity index (χ1) is 11.8. The van der Waals surface area contributed by atoms with Crippen LogP contribution in [-0.4, -0.2) is 56.9 Å². The average molecular weight is 349 g/mol. The predicted octanol–water partition coefficient (Wildman–Crippen LogP) is 1.61. The zero-order valence-electron chi connectivity index (χ0n) is 15.3.